The van der Waals surface area contributed by atoms with Gasteiger partial charge < -0.3 is 40.9 Å². The van der Waals surface area contributed by atoms with Crippen molar-refractivity contribution in [1.82, 2.24) is 10.6 Å². The number of rotatable bonds is 21. The smallest absolute Gasteiger partial charge is 0.327 e. The molecule has 0 spiro atoms. The number of anilines is 2. The van der Waals surface area contributed by atoms with Crippen LogP contribution in [0.15, 0.2) is 108 Å². The van der Waals surface area contributed by atoms with Crippen molar-refractivity contribution in [3.8, 4) is 0 Å². The number of hydrogen-bond donors (Lipinski definition) is 6. The number of carbonyl (C=O) groups is 4. The Kier molecular flexibility index (Phi) is 17.6. The number of carboxylic acids is 2. The first-order valence-corrected chi connectivity index (χ1v) is 22.0. The molecule has 1 aromatic heterocycles. The van der Waals surface area contributed by atoms with Crippen LogP contribution in [0.2, 0.25) is 0 Å². The van der Waals surface area contributed by atoms with Crippen molar-refractivity contribution < 1.29 is 44.2 Å². The summed E-state index contributed by atoms with van der Waals surface area (Å²) in [5, 5.41) is 43.9. The molecule has 3 heterocycles. The molecule has 16 heteroatoms. The van der Waals surface area contributed by atoms with Crippen LogP contribution in [0.5, 0.6) is 0 Å². The lowest BCUT2D eigenvalue weighted by atomic mass is 10.1. The lowest BCUT2D eigenvalue weighted by molar-refractivity contribution is -0.684. The van der Waals surface area contributed by atoms with E-state index in [4.69, 9.17) is 0 Å². The molecule has 60 heavy (non-hydrogen) atoms. The summed E-state index contributed by atoms with van der Waals surface area (Å²) in [6.07, 6.45) is 16.9. The molecule has 2 aromatic carbocycles. The van der Waals surface area contributed by atoms with E-state index in [-0.39, 0.29) is 36.8 Å². The van der Waals surface area contributed by atoms with Crippen LogP contribution < -0.4 is 25.0 Å². The topological polar surface area (TPSA) is 196 Å². The summed E-state index contributed by atoms with van der Waals surface area (Å²) in [6.45, 7) is 6.35. The number of carbonyl (C=O) groups excluding carboxylic acids is 2. The molecule has 2 saturated heterocycles. The summed E-state index contributed by atoms with van der Waals surface area (Å²) in [7, 11) is 2.14. The van der Waals surface area contributed by atoms with E-state index in [1.165, 1.54) is 6.21 Å². The minimum Gasteiger partial charge on any atom is -0.480 e. The minimum absolute atomic E-state index is 0.0347. The second kappa shape index (κ2) is 23.2. The number of hydrogen-bond acceptors (Lipinski definition) is 11. The van der Waals surface area contributed by atoms with Gasteiger partial charge in [0.05, 0.1) is 12.2 Å². The SMILES string of the molecule is C=CC(C=Cc1ccc(N2CCC(O)C2)cc1)=CC=NCC(=O)NC(CSSCC(NC(=O)C[n+]1ccc(C=Cc2ccc(N3CCC(O)C3)cc2)cc1)C(=O)O)C(=O)O. The Morgan fingerprint density at radius 2 is 1.23 bits per heavy atom. The first-order valence-electron chi connectivity index (χ1n) is 19.5. The van der Waals surface area contributed by atoms with Crippen LogP contribution in [0, 0.1) is 0 Å². The number of aliphatic carboxylic acids is 2. The fraction of sp³-hybridized carbons (Fsp3) is 0.318. The lowest BCUT2D eigenvalue weighted by Crippen LogP contribution is -2.49. The molecule has 4 unspecified atom stereocenters. The lowest BCUT2D eigenvalue weighted by Gasteiger charge is -2.17. The Balaban J connectivity index is 0.994. The molecule has 0 bridgehead atoms. The molecule has 6 N–H and O–H groups in total. The normalized spacial score (nSPS) is 18.0. The summed E-state index contributed by atoms with van der Waals surface area (Å²) in [5.41, 5.74) is 5.79. The highest BCUT2D eigenvalue weighted by Crippen LogP contribution is 2.24. The second-order valence-electron chi connectivity index (χ2n) is 14.3. The molecule has 0 radical (unpaired) electrons. The zero-order valence-corrected chi connectivity index (χ0v) is 34.7. The van der Waals surface area contributed by atoms with Crippen LogP contribution in [-0.4, -0.2) is 119 Å². The summed E-state index contributed by atoms with van der Waals surface area (Å²) in [6, 6.07) is 17.3. The van der Waals surface area contributed by atoms with Gasteiger partial charge in [-0.15, -0.1) is 0 Å². The molecule has 4 atom stereocenters. The number of carboxylic acid groups (broad SMARTS) is 2. The zero-order valence-electron chi connectivity index (χ0n) is 33.1. The molecule has 2 amide bonds. The summed E-state index contributed by atoms with van der Waals surface area (Å²) >= 11 is 0. The number of nitrogens with zero attached hydrogens (tertiary/aromatic N) is 4. The number of amides is 2. The van der Waals surface area contributed by atoms with E-state index in [1.54, 1.807) is 29.1 Å². The highest BCUT2D eigenvalue weighted by atomic mass is 33.1. The van der Waals surface area contributed by atoms with Gasteiger partial charge >= 0.3 is 11.9 Å². The van der Waals surface area contributed by atoms with Crippen molar-refractivity contribution in [2.45, 2.75) is 43.7 Å². The molecule has 5 rings (SSSR count). The molecule has 0 saturated carbocycles. The van der Waals surface area contributed by atoms with Gasteiger partial charge in [0.25, 0.3) is 5.91 Å². The molecule has 0 aliphatic carbocycles. The van der Waals surface area contributed by atoms with Crippen molar-refractivity contribution in [3.63, 3.8) is 0 Å². The third-order valence-corrected chi connectivity index (χ3v) is 12.1. The highest BCUT2D eigenvalue weighted by Gasteiger charge is 2.25. The maximum atomic E-state index is 12.7. The number of allylic oxidation sites excluding steroid dienone is 4. The second-order valence-corrected chi connectivity index (χ2v) is 16.8. The van der Waals surface area contributed by atoms with Crippen molar-refractivity contribution in [2.75, 3.05) is 54.0 Å². The zero-order chi connectivity index (χ0) is 42.9. The summed E-state index contributed by atoms with van der Waals surface area (Å²) in [4.78, 5) is 57.3. The average molecular weight is 856 g/mol. The van der Waals surface area contributed by atoms with E-state index in [0.29, 0.717) is 13.1 Å². The third kappa shape index (κ3) is 14.9. The fourth-order valence-electron chi connectivity index (χ4n) is 6.31. The molecule has 2 aliphatic heterocycles. The van der Waals surface area contributed by atoms with Gasteiger partial charge in [-0.1, -0.05) is 82.8 Å². The van der Waals surface area contributed by atoms with E-state index >= 15 is 0 Å². The van der Waals surface area contributed by atoms with Crippen LogP contribution in [-0.2, 0) is 25.7 Å². The number of aromatic nitrogens is 1. The largest absolute Gasteiger partial charge is 0.480 e. The van der Waals surface area contributed by atoms with Crippen LogP contribution >= 0.6 is 21.6 Å². The van der Waals surface area contributed by atoms with Crippen LogP contribution in [0.1, 0.15) is 29.5 Å². The summed E-state index contributed by atoms with van der Waals surface area (Å²) in [5.74, 6) is -3.66. The number of nitrogens with one attached hydrogen (secondary N) is 2. The Labute approximate surface area is 357 Å². The van der Waals surface area contributed by atoms with E-state index in [9.17, 15) is 39.6 Å². The Morgan fingerprint density at radius 3 is 1.70 bits per heavy atom. The average Bonchev–Trinajstić information content (AvgIpc) is 3.89. The van der Waals surface area contributed by atoms with E-state index < -0.39 is 35.8 Å². The number of pyridine rings is 1. The maximum Gasteiger partial charge on any atom is 0.327 e. The number of aliphatic hydroxyl groups excluding tert-OH is 2. The van der Waals surface area contributed by atoms with Crippen molar-refractivity contribution in [2.24, 2.45) is 4.99 Å². The Morgan fingerprint density at radius 1 is 0.750 bits per heavy atom. The monoisotopic (exact) mass is 855 g/mol. The predicted octanol–water partition coefficient (Wildman–Crippen LogP) is 3.70. The third-order valence-electron chi connectivity index (χ3n) is 9.69. The van der Waals surface area contributed by atoms with Gasteiger partial charge in [0, 0.05) is 67.4 Å². The highest BCUT2D eigenvalue weighted by molar-refractivity contribution is 8.76. The number of β-amino-alcohol motifs (C(OH)–C–C–N with tert-alkyl or cyclic N) is 2. The van der Waals surface area contributed by atoms with E-state index in [2.05, 4.69) is 32.0 Å². The first kappa shape index (κ1) is 45.4. The maximum absolute atomic E-state index is 12.7. The van der Waals surface area contributed by atoms with Gasteiger partial charge in [0.2, 0.25) is 12.5 Å². The molecule has 2 fully saturated rings. The molecule has 316 valence electrons. The fourth-order valence-corrected chi connectivity index (χ4v) is 8.62. The Bertz CT molecular complexity index is 2060. The predicted molar refractivity (Wildman–Crippen MR) is 239 cm³/mol. The molecule has 2 aliphatic rings. The van der Waals surface area contributed by atoms with Gasteiger partial charge in [-0.05, 0) is 65.4 Å². The van der Waals surface area contributed by atoms with Gasteiger partial charge in [-0.3, -0.25) is 14.6 Å². The summed E-state index contributed by atoms with van der Waals surface area (Å²) < 4.78 is 1.63. The molecule has 3 aromatic rings. The molecular formula is C44H51N6O8S2+. The first-order chi connectivity index (χ1) is 28.9. The van der Waals surface area contributed by atoms with Crippen molar-refractivity contribution in [3.05, 3.63) is 120 Å². The van der Waals surface area contributed by atoms with Crippen LogP contribution in [0.3, 0.4) is 0 Å². The number of aliphatic imine (C=N–C) groups is 1. The van der Waals surface area contributed by atoms with Gasteiger partial charge in [-0.2, -0.15) is 4.57 Å². The number of aliphatic hydroxyl groups is 2. The van der Waals surface area contributed by atoms with Gasteiger partial charge in [-0.25, -0.2) is 9.59 Å². The standard InChI is InChI=1S/C44H50N6O8S2/c1-2-31(3-4-32-7-11-35(12-8-32)49-23-18-37(51)26-49)15-20-45-25-41(53)46-39(43(55)56)29-59-60-30-40(44(57)58)47-42(54)28-48-21-16-34(17-22-48)6-5-33-9-13-36(14-10-33)50-24-19-38(52)27-50/h2-17,20-22,37-40,51-52H,1,18-19,23-30H2,(H3-,46,47,53,54,55,56,57,58)/p+1. The van der Waals surface area contributed by atoms with Crippen LogP contribution in [0.4, 0.5) is 11.4 Å². The quantitative estimate of drug-likeness (QED) is 0.0300. The van der Waals surface area contributed by atoms with Crippen LogP contribution in [0.25, 0.3) is 18.2 Å². The van der Waals surface area contributed by atoms with Gasteiger partial charge in [0.1, 0.15) is 18.6 Å². The minimum atomic E-state index is -1.25. The van der Waals surface area contributed by atoms with Crippen molar-refractivity contribution >= 4 is 81.2 Å². The number of benzene rings is 2. The molecule has 14 nitrogen and oxygen atoms in total. The van der Waals surface area contributed by atoms with E-state index in [1.807, 2.05) is 85.0 Å². The van der Waals surface area contributed by atoms with Gasteiger partial charge in [0.15, 0.2) is 12.4 Å². The van der Waals surface area contributed by atoms with Crippen molar-refractivity contribution in [1.29, 1.82) is 0 Å². The van der Waals surface area contributed by atoms with E-state index in [0.717, 1.165) is 81.2 Å². The Hall–Kier alpha value is -5.68. The molecular weight excluding hydrogens is 805 g/mol.